The van der Waals surface area contributed by atoms with Gasteiger partial charge in [0.15, 0.2) is 0 Å². The van der Waals surface area contributed by atoms with Crippen molar-refractivity contribution in [3.05, 3.63) is 50.2 Å². The molecule has 0 fully saturated rings. The summed E-state index contributed by atoms with van der Waals surface area (Å²) in [5.74, 6) is 0. The fourth-order valence-corrected chi connectivity index (χ4v) is 3.87. The van der Waals surface area contributed by atoms with Crippen molar-refractivity contribution in [2.24, 2.45) is 5.73 Å². The lowest BCUT2D eigenvalue weighted by Crippen LogP contribution is -2.18. The van der Waals surface area contributed by atoms with Crippen LogP contribution in [0.2, 0.25) is 5.02 Å². The van der Waals surface area contributed by atoms with Crippen molar-refractivity contribution in [1.29, 1.82) is 0 Å². The Balaban J connectivity index is 2.23. The van der Waals surface area contributed by atoms with Crippen molar-refractivity contribution < 1.29 is 0 Å². The second-order valence-electron chi connectivity index (χ2n) is 5.57. The van der Waals surface area contributed by atoms with E-state index in [1.54, 1.807) is 0 Å². The van der Waals surface area contributed by atoms with Crippen molar-refractivity contribution in [2.45, 2.75) is 39.2 Å². The smallest absolute Gasteiger partial charge is 0.0612 e. The summed E-state index contributed by atoms with van der Waals surface area (Å²) >= 11 is 9.98. The summed E-state index contributed by atoms with van der Waals surface area (Å²) in [6, 6.07) is 6.50. The van der Waals surface area contributed by atoms with E-state index in [-0.39, 0.29) is 6.04 Å². The molecular weight excluding hydrogens is 336 g/mol. The second-order valence-corrected chi connectivity index (χ2v) is 6.84. The molecule has 2 aromatic rings. The molecule has 1 aromatic carbocycles. The Morgan fingerprint density at radius 1 is 1.30 bits per heavy atom. The van der Waals surface area contributed by atoms with Gasteiger partial charge in [-0.1, -0.05) is 11.6 Å². The monoisotopic (exact) mass is 352 g/mol. The van der Waals surface area contributed by atoms with Crippen molar-refractivity contribution in [2.75, 3.05) is 0 Å². The molecule has 2 nitrogen and oxygen atoms in total. The second kappa shape index (κ2) is 5.21. The molecule has 1 aromatic heterocycles. The minimum atomic E-state index is 0.165. The molecule has 2 N–H and O–H groups in total. The predicted molar refractivity (Wildman–Crippen MR) is 87.8 cm³/mol. The average molecular weight is 354 g/mol. The summed E-state index contributed by atoms with van der Waals surface area (Å²) in [5, 5.41) is 0.796. The van der Waals surface area contributed by atoms with Crippen LogP contribution in [-0.2, 0) is 6.42 Å². The van der Waals surface area contributed by atoms with Crippen LogP contribution in [0.25, 0.3) is 5.69 Å². The van der Waals surface area contributed by atoms with Crippen LogP contribution in [0.3, 0.4) is 0 Å². The molecule has 0 bridgehead atoms. The van der Waals surface area contributed by atoms with E-state index in [1.165, 1.54) is 17.0 Å². The number of rotatable bonds is 1. The Morgan fingerprint density at radius 3 is 2.80 bits per heavy atom. The molecule has 1 heterocycles. The van der Waals surface area contributed by atoms with E-state index in [9.17, 15) is 0 Å². The highest BCUT2D eigenvalue weighted by molar-refractivity contribution is 9.10. The first-order valence-electron chi connectivity index (χ1n) is 6.91. The van der Waals surface area contributed by atoms with Crippen molar-refractivity contribution in [3.8, 4) is 5.69 Å². The van der Waals surface area contributed by atoms with Gasteiger partial charge in [-0.15, -0.1) is 0 Å². The van der Waals surface area contributed by atoms with Gasteiger partial charge in [0, 0.05) is 26.9 Å². The quantitative estimate of drug-likeness (QED) is 0.781. The van der Waals surface area contributed by atoms with Crippen LogP contribution >= 0.6 is 27.5 Å². The van der Waals surface area contributed by atoms with Crippen LogP contribution in [0.4, 0.5) is 0 Å². The molecule has 1 unspecified atom stereocenters. The lowest BCUT2D eigenvalue weighted by atomic mass is 9.93. The van der Waals surface area contributed by atoms with Gasteiger partial charge in [0.2, 0.25) is 0 Å². The van der Waals surface area contributed by atoms with Crippen LogP contribution in [0.1, 0.15) is 41.4 Å². The molecule has 4 heteroatoms. The summed E-state index contributed by atoms with van der Waals surface area (Å²) in [6.45, 7) is 4.15. The Morgan fingerprint density at radius 2 is 2.05 bits per heavy atom. The van der Waals surface area contributed by atoms with Gasteiger partial charge in [-0.05, 0) is 78.4 Å². The van der Waals surface area contributed by atoms with Crippen LogP contribution < -0.4 is 5.73 Å². The van der Waals surface area contributed by atoms with Crippen LogP contribution in [-0.4, -0.2) is 4.57 Å². The zero-order valence-corrected chi connectivity index (χ0v) is 14.1. The predicted octanol–water partition coefficient (Wildman–Crippen LogP) is 4.85. The first kappa shape index (κ1) is 14.2. The number of fused-ring (bicyclic) bond motifs is 1. The van der Waals surface area contributed by atoms with Gasteiger partial charge >= 0.3 is 0 Å². The molecule has 1 aliphatic rings. The average Bonchev–Trinajstić information content (AvgIpc) is 2.72. The highest BCUT2D eigenvalue weighted by Crippen LogP contribution is 2.36. The number of hydrogen-bond acceptors (Lipinski definition) is 1. The third-order valence-electron chi connectivity index (χ3n) is 4.12. The Bertz CT molecular complexity index is 676. The van der Waals surface area contributed by atoms with Gasteiger partial charge in [-0.25, -0.2) is 0 Å². The van der Waals surface area contributed by atoms with E-state index in [0.717, 1.165) is 40.0 Å². The molecule has 0 radical (unpaired) electrons. The molecule has 0 saturated carbocycles. The number of nitrogens with two attached hydrogens (primary N) is 1. The summed E-state index contributed by atoms with van der Waals surface area (Å²) in [7, 11) is 0. The SMILES string of the molecule is Cc1cc(Br)c(-n2c(C)cc3c2CCCC3N)cc1Cl. The molecule has 0 aliphatic heterocycles. The minimum absolute atomic E-state index is 0.165. The molecule has 0 spiro atoms. The third kappa shape index (κ3) is 2.22. The van der Waals surface area contributed by atoms with Gasteiger partial charge in [0.05, 0.1) is 5.69 Å². The zero-order chi connectivity index (χ0) is 14.4. The maximum Gasteiger partial charge on any atom is 0.0612 e. The molecule has 3 rings (SSSR count). The zero-order valence-electron chi connectivity index (χ0n) is 11.7. The molecule has 1 atom stereocenters. The van der Waals surface area contributed by atoms with Crippen LogP contribution in [0, 0.1) is 13.8 Å². The first-order valence-corrected chi connectivity index (χ1v) is 8.09. The van der Waals surface area contributed by atoms with Gasteiger partial charge in [-0.3, -0.25) is 0 Å². The van der Waals surface area contributed by atoms with E-state index >= 15 is 0 Å². The molecule has 106 valence electrons. The highest BCUT2D eigenvalue weighted by atomic mass is 79.9. The number of nitrogens with zero attached hydrogens (tertiary/aromatic N) is 1. The van der Waals surface area contributed by atoms with Gasteiger partial charge in [0.25, 0.3) is 0 Å². The number of hydrogen-bond donors (Lipinski definition) is 1. The summed E-state index contributed by atoms with van der Waals surface area (Å²) < 4.78 is 3.36. The number of halogens is 2. The first-order chi connectivity index (χ1) is 9.49. The third-order valence-corrected chi connectivity index (χ3v) is 5.16. The van der Waals surface area contributed by atoms with E-state index < -0.39 is 0 Å². The summed E-state index contributed by atoms with van der Waals surface area (Å²) in [6.07, 6.45) is 3.30. The van der Waals surface area contributed by atoms with Crippen molar-refractivity contribution >= 4 is 27.5 Å². The van der Waals surface area contributed by atoms with Crippen molar-refractivity contribution in [3.63, 3.8) is 0 Å². The largest absolute Gasteiger partial charge is 0.324 e. The fraction of sp³-hybridized carbons (Fsp3) is 0.375. The molecule has 1 aliphatic carbocycles. The Kier molecular flexibility index (Phi) is 3.69. The van der Waals surface area contributed by atoms with E-state index in [4.69, 9.17) is 17.3 Å². The number of benzene rings is 1. The number of aromatic nitrogens is 1. The van der Waals surface area contributed by atoms with Crippen molar-refractivity contribution in [1.82, 2.24) is 4.57 Å². The van der Waals surface area contributed by atoms with E-state index in [2.05, 4.69) is 39.6 Å². The lowest BCUT2D eigenvalue weighted by molar-refractivity contribution is 0.560. The summed E-state index contributed by atoms with van der Waals surface area (Å²) in [5.41, 5.74) is 12.3. The van der Waals surface area contributed by atoms with Crippen LogP contribution in [0.15, 0.2) is 22.7 Å². The van der Waals surface area contributed by atoms with Gasteiger partial charge in [-0.2, -0.15) is 0 Å². The summed E-state index contributed by atoms with van der Waals surface area (Å²) in [4.78, 5) is 0. The fourth-order valence-electron chi connectivity index (χ4n) is 3.08. The van der Waals surface area contributed by atoms with E-state index in [1.807, 2.05) is 13.0 Å². The standard InChI is InChI=1S/C16H18BrClN2/c1-9-6-12(17)16(8-13(9)18)20-10(2)7-11-14(19)4-3-5-15(11)20/h6-8,14H,3-5,19H2,1-2H3. The molecule has 20 heavy (non-hydrogen) atoms. The lowest BCUT2D eigenvalue weighted by Gasteiger charge is -2.22. The van der Waals surface area contributed by atoms with Gasteiger partial charge in [0.1, 0.15) is 0 Å². The molecule has 0 amide bonds. The molecular formula is C16H18BrClN2. The maximum atomic E-state index is 6.31. The van der Waals surface area contributed by atoms with Crippen LogP contribution in [0.5, 0.6) is 0 Å². The Labute approximate surface area is 133 Å². The highest BCUT2D eigenvalue weighted by Gasteiger charge is 2.23. The molecule has 0 saturated heterocycles. The Hall–Kier alpha value is -0.770. The normalized spacial score (nSPS) is 18.1. The van der Waals surface area contributed by atoms with E-state index in [0.29, 0.717) is 0 Å². The maximum absolute atomic E-state index is 6.31. The topological polar surface area (TPSA) is 30.9 Å². The van der Waals surface area contributed by atoms with Gasteiger partial charge < -0.3 is 10.3 Å². The minimum Gasteiger partial charge on any atom is -0.324 e. The number of aryl methyl sites for hydroxylation is 2.